The number of hydrogen-bond donors (Lipinski definition) is 1. The van der Waals surface area contributed by atoms with Gasteiger partial charge in [-0.2, -0.15) is 0 Å². The molecule has 1 aromatic carbocycles. The van der Waals surface area contributed by atoms with Gasteiger partial charge in [-0.1, -0.05) is 42.0 Å². The number of allylic oxidation sites excluding steroid dienone is 3. The Balaban J connectivity index is 1.73. The number of pyridine rings is 1. The molecular weight excluding hydrogens is 394 g/mol. The van der Waals surface area contributed by atoms with E-state index in [0.717, 1.165) is 37.2 Å². The second-order valence-corrected chi connectivity index (χ2v) is 8.69. The molecule has 1 aromatic heterocycles. The maximum atomic E-state index is 12.0. The number of para-hydroxylation sites is 1. The Kier molecular flexibility index (Phi) is 6.31. The number of fused-ring (bicyclic) bond motifs is 4. The number of benzene rings is 1. The van der Waals surface area contributed by atoms with Crippen molar-refractivity contribution in [1.29, 1.82) is 0 Å². The van der Waals surface area contributed by atoms with E-state index in [4.69, 9.17) is 4.99 Å². The molecule has 4 rings (SSSR count). The third kappa shape index (κ3) is 3.90. The first-order valence-corrected chi connectivity index (χ1v) is 11.6. The fourth-order valence-corrected chi connectivity index (χ4v) is 5.45. The van der Waals surface area contributed by atoms with Gasteiger partial charge in [0, 0.05) is 54.7 Å². The van der Waals surface area contributed by atoms with Gasteiger partial charge in [-0.3, -0.25) is 9.79 Å². The molecule has 166 valence electrons. The van der Waals surface area contributed by atoms with Crippen molar-refractivity contribution in [2.24, 2.45) is 10.9 Å². The van der Waals surface area contributed by atoms with Crippen molar-refractivity contribution in [3.63, 3.8) is 0 Å². The number of hydrogen-bond acceptors (Lipinski definition) is 3. The molecule has 0 fully saturated rings. The molecule has 0 spiro atoms. The van der Waals surface area contributed by atoms with E-state index in [-0.39, 0.29) is 11.5 Å². The normalized spacial score (nSPS) is 23.6. The second-order valence-electron chi connectivity index (χ2n) is 8.69. The maximum Gasteiger partial charge on any atom is 0.248 e. The van der Waals surface area contributed by atoms with Crippen LogP contribution in [0, 0.1) is 5.92 Å². The van der Waals surface area contributed by atoms with Crippen LogP contribution in [0.2, 0.25) is 0 Å². The van der Waals surface area contributed by atoms with Crippen LogP contribution in [0.4, 0.5) is 5.69 Å². The van der Waals surface area contributed by atoms with Crippen LogP contribution in [0.1, 0.15) is 50.9 Å². The molecule has 4 heteroatoms. The van der Waals surface area contributed by atoms with Crippen LogP contribution in [0.15, 0.2) is 75.6 Å². The summed E-state index contributed by atoms with van der Waals surface area (Å²) in [5, 5.41) is 0. The first kappa shape index (κ1) is 22.1. The fourth-order valence-electron chi connectivity index (χ4n) is 5.45. The second kappa shape index (κ2) is 9.15. The Hall–Kier alpha value is -3.14. The molecule has 0 unspecified atom stereocenters. The van der Waals surface area contributed by atoms with Crippen molar-refractivity contribution in [3.05, 3.63) is 92.9 Å². The van der Waals surface area contributed by atoms with E-state index in [1.165, 1.54) is 22.4 Å². The Morgan fingerprint density at radius 3 is 2.72 bits per heavy atom. The lowest BCUT2D eigenvalue weighted by atomic mass is 9.63. The van der Waals surface area contributed by atoms with Crippen molar-refractivity contribution in [2.45, 2.75) is 46.1 Å². The molecule has 2 aliphatic carbocycles. The Bertz CT molecular complexity index is 1160. The monoisotopic (exact) mass is 427 g/mol. The van der Waals surface area contributed by atoms with Gasteiger partial charge in [-0.15, -0.1) is 0 Å². The summed E-state index contributed by atoms with van der Waals surface area (Å²) in [6.07, 6.45) is 12.4. The lowest BCUT2D eigenvalue weighted by Gasteiger charge is -2.45. The minimum atomic E-state index is -0.446. The first-order chi connectivity index (χ1) is 15.5. The zero-order valence-corrected chi connectivity index (χ0v) is 19.6. The molecule has 1 heterocycles. The van der Waals surface area contributed by atoms with Gasteiger partial charge >= 0.3 is 0 Å². The van der Waals surface area contributed by atoms with Crippen molar-refractivity contribution in [3.8, 4) is 0 Å². The van der Waals surface area contributed by atoms with Gasteiger partial charge in [0.15, 0.2) is 0 Å². The summed E-state index contributed by atoms with van der Waals surface area (Å²) in [5.74, 6) is 0.281. The number of aromatic amines is 1. The molecule has 1 N–H and O–H groups in total. The third-order valence-electron chi connectivity index (χ3n) is 6.78. The predicted octanol–water partition coefficient (Wildman–Crippen LogP) is 5.67. The summed E-state index contributed by atoms with van der Waals surface area (Å²) in [5.41, 5.74) is 6.77. The van der Waals surface area contributed by atoms with Crippen LogP contribution in [-0.2, 0) is 12.0 Å². The van der Waals surface area contributed by atoms with Crippen molar-refractivity contribution >= 4 is 18.0 Å². The number of nitrogens with zero attached hydrogens (tertiary/aromatic N) is 2. The zero-order valence-electron chi connectivity index (χ0n) is 19.6. The van der Waals surface area contributed by atoms with Crippen molar-refractivity contribution < 1.29 is 0 Å². The number of anilines is 1. The molecule has 2 aromatic rings. The molecule has 0 saturated carbocycles. The maximum absolute atomic E-state index is 12.0. The fraction of sp³-hybridized carbons (Fsp3) is 0.357. The average molecular weight is 428 g/mol. The van der Waals surface area contributed by atoms with E-state index in [1.807, 2.05) is 18.4 Å². The van der Waals surface area contributed by atoms with Crippen LogP contribution < -0.4 is 10.5 Å². The number of aliphatic imine (C=N–C) groups is 1. The standard InChI is InChI=1S/C28H33N3O/c1-5-23-22-17-20(4)19-28(23,24-14-15-27(32)30-25(24)18-22)29-16-10-12-21-11-8-9-13-26(21)31(6-2)7-3/h5,8-17,22H,6-7,18-19H2,1-4H3,(H,30,32)/b12-10+,23-5+,29-16?/t22-,28+/m0/s1. The lowest BCUT2D eigenvalue weighted by Crippen LogP contribution is -2.40. The Morgan fingerprint density at radius 1 is 1.19 bits per heavy atom. The highest BCUT2D eigenvalue weighted by molar-refractivity contribution is 5.82. The van der Waals surface area contributed by atoms with Gasteiger partial charge in [0.05, 0.1) is 0 Å². The van der Waals surface area contributed by atoms with Crippen LogP contribution in [0.3, 0.4) is 0 Å². The zero-order chi connectivity index (χ0) is 22.7. The molecule has 2 aliphatic rings. The highest BCUT2D eigenvalue weighted by Crippen LogP contribution is 2.51. The number of aromatic nitrogens is 1. The highest BCUT2D eigenvalue weighted by atomic mass is 16.1. The quantitative estimate of drug-likeness (QED) is 0.477. The summed E-state index contributed by atoms with van der Waals surface area (Å²) in [6, 6.07) is 12.1. The Labute approximate surface area is 191 Å². The molecule has 0 radical (unpaired) electrons. The molecule has 0 aliphatic heterocycles. The van der Waals surface area contributed by atoms with Crippen molar-refractivity contribution in [2.75, 3.05) is 18.0 Å². The van der Waals surface area contributed by atoms with Crippen LogP contribution in [0.5, 0.6) is 0 Å². The van der Waals surface area contributed by atoms with Crippen LogP contribution >= 0.6 is 0 Å². The Morgan fingerprint density at radius 2 is 1.97 bits per heavy atom. The van der Waals surface area contributed by atoms with Gasteiger partial charge in [0.2, 0.25) is 5.56 Å². The summed E-state index contributed by atoms with van der Waals surface area (Å²) in [7, 11) is 0. The minimum Gasteiger partial charge on any atom is -0.372 e. The third-order valence-corrected chi connectivity index (χ3v) is 6.78. The van der Waals surface area contributed by atoms with Crippen LogP contribution in [0.25, 0.3) is 6.08 Å². The number of rotatable bonds is 6. The van der Waals surface area contributed by atoms with E-state index in [1.54, 1.807) is 6.07 Å². The van der Waals surface area contributed by atoms with Gasteiger partial charge in [0.25, 0.3) is 0 Å². The summed E-state index contributed by atoms with van der Waals surface area (Å²) >= 11 is 0. The highest BCUT2D eigenvalue weighted by Gasteiger charge is 2.46. The summed E-state index contributed by atoms with van der Waals surface area (Å²) < 4.78 is 0. The SMILES string of the molecule is C/C=C1\[C@H]2C=C(C)C[C@]1(N=C/C=C/c1ccccc1N(CC)CC)c1ccc(=O)[nH]c1C2. The average Bonchev–Trinajstić information content (AvgIpc) is 2.77. The smallest absolute Gasteiger partial charge is 0.248 e. The van der Waals surface area contributed by atoms with E-state index >= 15 is 0 Å². The van der Waals surface area contributed by atoms with E-state index < -0.39 is 5.54 Å². The summed E-state index contributed by atoms with van der Waals surface area (Å²) in [6.45, 7) is 10.6. The predicted molar refractivity (Wildman–Crippen MR) is 136 cm³/mol. The summed E-state index contributed by atoms with van der Waals surface area (Å²) in [4.78, 5) is 22.6. The van der Waals surface area contributed by atoms with Gasteiger partial charge in [-0.05, 0) is 63.5 Å². The molecule has 2 bridgehead atoms. The van der Waals surface area contributed by atoms with Crippen LogP contribution in [-0.4, -0.2) is 24.3 Å². The van der Waals surface area contributed by atoms with E-state index in [2.05, 4.69) is 80.1 Å². The number of nitrogens with one attached hydrogen (secondary N) is 1. The molecule has 32 heavy (non-hydrogen) atoms. The van der Waals surface area contributed by atoms with Gasteiger partial charge < -0.3 is 9.88 Å². The van der Waals surface area contributed by atoms with Gasteiger partial charge in [-0.25, -0.2) is 0 Å². The van der Waals surface area contributed by atoms with Gasteiger partial charge in [0.1, 0.15) is 5.54 Å². The minimum absolute atomic E-state index is 0.0431. The molecule has 4 nitrogen and oxygen atoms in total. The van der Waals surface area contributed by atoms with Crippen molar-refractivity contribution in [1.82, 2.24) is 4.98 Å². The molecular formula is C28H33N3O. The topological polar surface area (TPSA) is 48.5 Å². The largest absolute Gasteiger partial charge is 0.372 e. The lowest BCUT2D eigenvalue weighted by molar-refractivity contribution is 0.413. The first-order valence-electron chi connectivity index (χ1n) is 11.6. The van der Waals surface area contributed by atoms with E-state index in [9.17, 15) is 4.79 Å². The molecule has 0 saturated heterocycles. The molecule has 0 amide bonds. The van der Waals surface area contributed by atoms with E-state index in [0.29, 0.717) is 0 Å². The number of H-pyrrole nitrogens is 1. The molecule has 2 atom stereocenters.